The van der Waals surface area contributed by atoms with Gasteiger partial charge in [0.15, 0.2) is 11.5 Å². The quantitative estimate of drug-likeness (QED) is 0.341. The van der Waals surface area contributed by atoms with E-state index in [1.165, 1.54) is 0 Å². The summed E-state index contributed by atoms with van der Waals surface area (Å²) in [5.74, 6) is 1.34. The van der Waals surface area contributed by atoms with Gasteiger partial charge in [-0.1, -0.05) is 29.3 Å². The van der Waals surface area contributed by atoms with Gasteiger partial charge in [-0.15, -0.1) is 0 Å². The third-order valence-corrected chi connectivity index (χ3v) is 5.26. The zero-order valence-electron chi connectivity index (χ0n) is 16.4. The second-order valence-corrected chi connectivity index (χ2v) is 8.06. The summed E-state index contributed by atoms with van der Waals surface area (Å²) in [6.07, 6.45) is 0.989. The van der Waals surface area contributed by atoms with Crippen molar-refractivity contribution < 1.29 is 14.6 Å². The van der Waals surface area contributed by atoms with Crippen LogP contribution in [0.2, 0.25) is 10.0 Å². The molecular weight excluding hydrogens is 479 g/mol. The number of rotatable bonds is 13. The van der Waals surface area contributed by atoms with Gasteiger partial charge >= 0.3 is 0 Å². The molecule has 0 aliphatic carbocycles. The van der Waals surface area contributed by atoms with Crippen molar-refractivity contribution in [1.29, 1.82) is 0 Å². The van der Waals surface area contributed by atoms with Gasteiger partial charge in [0.2, 0.25) is 0 Å². The molecule has 0 saturated heterocycles. The molecule has 5 nitrogen and oxygen atoms in total. The van der Waals surface area contributed by atoms with Gasteiger partial charge in [0.1, 0.15) is 6.61 Å². The standard InChI is InChI=1S/C21H27BrCl2N2O3/c1-2-28-20-11-15(13-26-7-3-6-25-8-9-27)10-18(22)21(20)29-14-16-4-5-17(23)12-19(16)24/h4-5,10-12,25-27H,2-3,6-9,13-14H2,1H3. The molecule has 8 heteroatoms. The number of hydrogen-bond acceptors (Lipinski definition) is 5. The normalized spacial score (nSPS) is 10.9. The van der Waals surface area contributed by atoms with Gasteiger partial charge in [0, 0.05) is 28.7 Å². The van der Waals surface area contributed by atoms with E-state index in [1.807, 2.05) is 25.1 Å². The molecule has 2 rings (SSSR count). The molecule has 2 aromatic carbocycles. The fraction of sp³-hybridized carbons (Fsp3) is 0.429. The lowest BCUT2D eigenvalue weighted by Crippen LogP contribution is -2.23. The molecule has 0 bridgehead atoms. The van der Waals surface area contributed by atoms with E-state index in [1.54, 1.807) is 12.1 Å². The number of benzene rings is 2. The number of aliphatic hydroxyl groups excluding tert-OH is 1. The van der Waals surface area contributed by atoms with Gasteiger partial charge in [0.25, 0.3) is 0 Å². The summed E-state index contributed by atoms with van der Waals surface area (Å²) in [6.45, 7) is 6.08. The van der Waals surface area contributed by atoms with E-state index in [0.717, 1.165) is 41.7 Å². The van der Waals surface area contributed by atoms with Crippen LogP contribution in [0.5, 0.6) is 11.5 Å². The van der Waals surface area contributed by atoms with E-state index < -0.39 is 0 Å². The smallest absolute Gasteiger partial charge is 0.175 e. The Morgan fingerprint density at radius 2 is 1.83 bits per heavy atom. The third-order valence-electron chi connectivity index (χ3n) is 4.08. The molecule has 0 unspecified atom stereocenters. The van der Waals surface area contributed by atoms with Crippen LogP contribution in [0.1, 0.15) is 24.5 Å². The Hall–Kier alpha value is -1.02. The maximum Gasteiger partial charge on any atom is 0.175 e. The van der Waals surface area contributed by atoms with Gasteiger partial charge in [-0.05, 0) is 72.2 Å². The van der Waals surface area contributed by atoms with Crippen molar-refractivity contribution in [1.82, 2.24) is 10.6 Å². The van der Waals surface area contributed by atoms with Crippen LogP contribution in [-0.2, 0) is 13.2 Å². The zero-order chi connectivity index (χ0) is 21.1. The Morgan fingerprint density at radius 3 is 2.55 bits per heavy atom. The number of aliphatic hydroxyl groups is 1. The van der Waals surface area contributed by atoms with Crippen LogP contribution in [-0.4, -0.2) is 38.0 Å². The van der Waals surface area contributed by atoms with E-state index in [0.29, 0.717) is 41.3 Å². The highest BCUT2D eigenvalue weighted by molar-refractivity contribution is 9.10. The number of nitrogens with one attached hydrogen (secondary N) is 2. The average Bonchev–Trinajstić information content (AvgIpc) is 2.68. The largest absolute Gasteiger partial charge is 0.490 e. The molecule has 0 radical (unpaired) electrons. The second kappa shape index (κ2) is 13.3. The van der Waals surface area contributed by atoms with Crippen molar-refractivity contribution >= 4 is 39.1 Å². The Morgan fingerprint density at radius 1 is 1.03 bits per heavy atom. The van der Waals surface area contributed by atoms with Gasteiger partial charge < -0.3 is 25.2 Å². The highest BCUT2D eigenvalue weighted by Gasteiger charge is 2.13. The molecular formula is C21H27BrCl2N2O3. The summed E-state index contributed by atoms with van der Waals surface area (Å²) in [5.41, 5.74) is 1.95. The minimum absolute atomic E-state index is 0.167. The maximum atomic E-state index is 8.75. The Balaban J connectivity index is 1.97. The highest BCUT2D eigenvalue weighted by Crippen LogP contribution is 2.38. The Kier molecular flexibility index (Phi) is 11.1. The Bertz CT molecular complexity index is 778. The summed E-state index contributed by atoms with van der Waals surface area (Å²) < 4.78 is 12.6. The summed E-state index contributed by atoms with van der Waals surface area (Å²) in [6, 6.07) is 9.36. The number of halogens is 3. The van der Waals surface area contributed by atoms with Crippen LogP contribution in [0.15, 0.2) is 34.8 Å². The van der Waals surface area contributed by atoms with Crippen LogP contribution in [0.3, 0.4) is 0 Å². The van der Waals surface area contributed by atoms with Crippen LogP contribution in [0, 0.1) is 0 Å². The van der Waals surface area contributed by atoms with Crippen LogP contribution >= 0.6 is 39.1 Å². The lowest BCUT2D eigenvalue weighted by atomic mass is 10.2. The number of hydrogen-bond donors (Lipinski definition) is 3. The van der Waals surface area contributed by atoms with E-state index >= 15 is 0 Å². The Labute approximate surface area is 190 Å². The monoisotopic (exact) mass is 504 g/mol. The van der Waals surface area contributed by atoms with Crippen molar-refractivity contribution in [3.05, 3.63) is 56.0 Å². The predicted molar refractivity (Wildman–Crippen MR) is 122 cm³/mol. The predicted octanol–water partition coefficient (Wildman–Crippen LogP) is 4.80. The van der Waals surface area contributed by atoms with Crippen molar-refractivity contribution in [3.63, 3.8) is 0 Å². The van der Waals surface area contributed by atoms with Crippen molar-refractivity contribution in [2.75, 3.05) is 32.8 Å². The topological polar surface area (TPSA) is 62.8 Å². The van der Waals surface area contributed by atoms with Gasteiger partial charge in [-0.2, -0.15) is 0 Å². The van der Waals surface area contributed by atoms with E-state index in [9.17, 15) is 0 Å². The van der Waals surface area contributed by atoms with Gasteiger partial charge in [-0.25, -0.2) is 0 Å². The first-order valence-electron chi connectivity index (χ1n) is 9.59. The van der Waals surface area contributed by atoms with Crippen LogP contribution in [0.25, 0.3) is 0 Å². The fourth-order valence-electron chi connectivity index (χ4n) is 2.69. The molecule has 0 atom stereocenters. The molecule has 0 aliphatic heterocycles. The van der Waals surface area contributed by atoms with Gasteiger partial charge in [-0.3, -0.25) is 0 Å². The minimum atomic E-state index is 0.167. The molecule has 0 heterocycles. The molecule has 0 spiro atoms. The molecule has 29 heavy (non-hydrogen) atoms. The van der Waals surface area contributed by atoms with Crippen LogP contribution in [0.4, 0.5) is 0 Å². The van der Waals surface area contributed by atoms with Crippen molar-refractivity contribution in [3.8, 4) is 11.5 Å². The highest BCUT2D eigenvalue weighted by atomic mass is 79.9. The first kappa shape index (κ1) is 24.3. The molecule has 0 aromatic heterocycles. The van der Waals surface area contributed by atoms with Crippen molar-refractivity contribution in [2.45, 2.75) is 26.5 Å². The molecule has 3 N–H and O–H groups in total. The summed E-state index contributed by atoms with van der Waals surface area (Å²) >= 11 is 15.8. The van der Waals surface area contributed by atoms with E-state index in [4.69, 9.17) is 37.8 Å². The lowest BCUT2D eigenvalue weighted by molar-refractivity contribution is 0.267. The molecule has 2 aromatic rings. The lowest BCUT2D eigenvalue weighted by Gasteiger charge is -2.16. The molecule has 160 valence electrons. The summed E-state index contributed by atoms with van der Waals surface area (Å²) in [5, 5.41) is 16.5. The molecule has 0 aliphatic rings. The summed E-state index contributed by atoms with van der Waals surface area (Å²) in [7, 11) is 0. The zero-order valence-corrected chi connectivity index (χ0v) is 19.5. The number of ether oxygens (including phenoxy) is 2. The van der Waals surface area contributed by atoms with E-state index in [2.05, 4.69) is 26.6 Å². The second-order valence-electron chi connectivity index (χ2n) is 6.37. The van der Waals surface area contributed by atoms with Crippen LogP contribution < -0.4 is 20.1 Å². The third kappa shape index (κ3) is 8.32. The first-order chi connectivity index (χ1) is 14.0. The van der Waals surface area contributed by atoms with Gasteiger partial charge in [0.05, 0.1) is 17.7 Å². The van der Waals surface area contributed by atoms with E-state index in [-0.39, 0.29) is 6.61 Å². The molecule has 0 amide bonds. The molecule has 0 fully saturated rings. The summed E-state index contributed by atoms with van der Waals surface area (Å²) in [4.78, 5) is 0. The maximum absolute atomic E-state index is 8.75. The fourth-order valence-corrected chi connectivity index (χ4v) is 3.76. The minimum Gasteiger partial charge on any atom is -0.490 e. The SMILES string of the molecule is CCOc1cc(CNCCCNCCO)cc(Br)c1OCc1ccc(Cl)cc1Cl. The average molecular weight is 506 g/mol. The van der Waals surface area contributed by atoms with Crippen molar-refractivity contribution in [2.24, 2.45) is 0 Å². The first-order valence-corrected chi connectivity index (χ1v) is 11.1. The molecule has 0 saturated carbocycles.